The largest absolute Gasteiger partial charge is 0.454 e. The fourth-order valence-corrected chi connectivity index (χ4v) is 1.50. The van der Waals surface area contributed by atoms with Crippen LogP contribution < -0.4 is 4.74 Å². The van der Waals surface area contributed by atoms with Gasteiger partial charge in [0.05, 0.1) is 30.4 Å². The van der Waals surface area contributed by atoms with Gasteiger partial charge in [-0.15, -0.1) is 0 Å². The lowest BCUT2D eigenvalue weighted by Crippen LogP contribution is -1.87. The molecule has 0 aliphatic rings. The summed E-state index contributed by atoms with van der Waals surface area (Å²) in [6, 6.07) is 7.57. The summed E-state index contributed by atoms with van der Waals surface area (Å²) in [6.45, 7) is 0. The zero-order valence-corrected chi connectivity index (χ0v) is 8.45. The maximum Gasteiger partial charge on any atom is 0.145 e. The maximum absolute atomic E-state index is 5.64. The number of imidazole rings is 1. The Balaban J connectivity index is 1.94. The normalized spacial score (nSPS) is 10.5. The van der Waals surface area contributed by atoms with Crippen molar-refractivity contribution in [3.63, 3.8) is 0 Å². The number of aromatic nitrogens is 3. The van der Waals surface area contributed by atoms with Gasteiger partial charge in [0.2, 0.25) is 0 Å². The van der Waals surface area contributed by atoms with Crippen LogP contribution in [0.1, 0.15) is 0 Å². The topological polar surface area (TPSA) is 39.4 Å². The van der Waals surface area contributed by atoms with Gasteiger partial charge in [0, 0.05) is 6.20 Å². The molecule has 0 aromatic carbocycles. The molecule has 0 spiro atoms. The lowest BCUT2D eigenvalue weighted by atomic mass is 10.4. The average Bonchev–Trinajstić information content (AvgIpc) is 2.77. The molecule has 0 saturated carbocycles. The smallest absolute Gasteiger partial charge is 0.145 e. The van der Waals surface area contributed by atoms with Crippen LogP contribution >= 0.6 is 0 Å². The van der Waals surface area contributed by atoms with Gasteiger partial charge in [0.15, 0.2) is 0 Å². The zero-order chi connectivity index (χ0) is 10.8. The summed E-state index contributed by atoms with van der Waals surface area (Å²) in [5, 5.41) is 0. The van der Waals surface area contributed by atoms with Crippen LogP contribution in [0.3, 0.4) is 0 Å². The molecular formula is C12H9N3O. The maximum atomic E-state index is 5.64. The molecule has 78 valence electrons. The Morgan fingerprint density at radius 1 is 1.00 bits per heavy atom. The van der Waals surface area contributed by atoms with Crippen LogP contribution in [-0.4, -0.2) is 14.4 Å². The molecule has 0 amide bonds. The highest BCUT2D eigenvalue weighted by molar-refractivity contribution is 5.47. The molecule has 0 aliphatic heterocycles. The van der Waals surface area contributed by atoms with E-state index in [0.29, 0.717) is 0 Å². The van der Waals surface area contributed by atoms with Gasteiger partial charge in [0.1, 0.15) is 11.5 Å². The van der Waals surface area contributed by atoms with Crippen LogP contribution in [0, 0.1) is 0 Å². The van der Waals surface area contributed by atoms with E-state index in [1.165, 1.54) is 0 Å². The van der Waals surface area contributed by atoms with Crippen molar-refractivity contribution in [2.75, 3.05) is 0 Å². The molecule has 16 heavy (non-hydrogen) atoms. The Labute approximate surface area is 92.2 Å². The second kappa shape index (κ2) is 3.66. The van der Waals surface area contributed by atoms with Crippen molar-refractivity contribution in [1.82, 2.24) is 14.4 Å². The van der Waals surface area contributed by atoms with Gasteiger partial charge in [-0.3, -0.25) is 4.98 Å². The van der Waals surface area contributed by atoms with E-state index in [1.54, 1.807) is 24.9 Å². The Hall–Kier alpha value is -2.36. The molecule has 4 heteroatoms. The number of hydrogen-bond donors (Lipinski definition) is 0. The molecule has 0 radical (unpaired) electrons. The van der Waals surface area contributed by atoms with E-state index in [1.807, 2.05) is 34.9 Å². The minimum absolute atomic E-state index is 0.724. The van der Waals surface area contributed by atoms with Crippen LogP contribution in [0.4, 0.5) is 0 Å². The van der Waals surface area contributed by atoms with Crippen LogP contribution in [0.5, 0.6) is 11.5 Å². The summed E-state index contributed by atoms with van der Waals surface area (Å²) in [5.74, 6) is 1.49. The first-order chi connectivity index (χ1) is 7.92. The standard InChI is InChI=1S/C12H9N3O/c1-2-11(7-13-5-1)16-12-4-3-10-6-14-9-15(10)8-12/h1-9H. The molecule has 4 nitrogen and oxygen atoms in total. The van der Waals surface area contributed by atoms with Crippen molar-refractivity contribution < 1.29 is 4.74 Å². The molecule has 3 aromatic heterocycles. The van der Waals surface area contributed by atoms with E-state index in [2.05, 4.69) is 9.97 Å². The summed E-state index contributed by atoms with van der Waals surface area (Å²) in [6.07, 6.45) is 8.82. The average molecular weight is 211 g/mol. The third-order valence-corrected chi connectivity index (χ3v) is 2.25. The van der Waals surface area contributed by atoms with Gasteiger partial charge in [-0.1, -0.05) is 0 Å². The molecule has 0 atom stereocenters. The number of ether oxygens (including phenoxy) is 1. The van der Waals surface area contributed by atoms with Gasteiger partial charge in [0.25, 0.3) is 0 Å². The first-order valence-corrected chi connectivity index (χ1v) is 4.91. The van der Waals surface area contributed by atoms with Crippen LogP contribution in [0.15, 0.2) is 55.4 Å². The Morgan fingerprint density at radius 2 is 2.00 bits per heavy atom. The number of hydrogen-bond acceptors (Lipinski definition) is 3. The van der Waals surface area contributed by atoms with Gasteiger partial charge < -0.3 is 9.14 Å². The molecule has 3 heterocycles. The first-order valence-electron chi connectivity index (χ1n) is 4.91. The summed E-state index contributed by atoms with van der Waals surface area (Å²) in [4.78, 5) is 8.03. The van der Waals surface area contributed by atoms with Crippen molar-refractivity contribution in [2.45, 2.75) is 0 Å². The van der Waals surface area contributed by atoms with Gasteiger partial charge in [-0.05, 0) is 24.3 Å². The van der Waals surface area contributed by atoms with E-state index in [0.717, 1.165) is 17.0 Å². The minimum Gasteiger partial charge on any atom is -0.454 e. The lowest BCUT2D eigenvalue weighted by Gasteiger charge is -2.04. The van der Waals surface area contributed by atoms with E-state index in [9.17, 15) is 0 Å². The number of rotatable bonds is 2. The van der Waals surface area contributed by atoms with Crippen LogP contribution in [0.25, 0.3) is 5.52 Å². The summed E-state index contributed by atoms with van der Waals surface area (Å²) in [7, 11) is 0. The van der Waals surface area contributed by atoms with E-state index >= 15 is 0 Å². The van der Waals surface area contributed by atoms with E-state index in [4.69, 9.17) is 4.74 Å². The molecule has 0 saturated heterocycles. The SMILES string of the molecule is c1cncc(Oc2ccc3cncn3c2)c1. The molecule has 3 rings (SSSR count). The van der Waals surface area contributed by atoms with E-state index in [-0.39, 0.29) is 0 Å². The zero-order valence-electron chi connectivity index (χ0n) is 8.45. The summed E-state index contributed by atoms with van der Waals surface area (Å²) in [5.41, 5.74) is 1.04. The van der Waals surface area contributed by atoms with Crippen molar-refractivity contribution in [2.24, 2.45) is 0 Å². The van der Waals surface area contributed by atoms with Crippen molar-refractivity contribution in [3.8, 4) is 11.5 Å². The Kier molecular flexibility index (Phi) is 2.04. The van der Waals surface area contributed by atoms with Crippen molar-refractivity contribution >= 4 is 5.52 Å². The highest BCUT2D eigenvalue weighted by atomic mass is 16.5. The van der Waals surface area contributed by atoms with Gasteiger partial charge in [-0.2, -0.15) is 0 Å². The molecule has 0 fully saturated rings. The molecular weight excluding hydrogens is 202 g/mol. The number of nitrogens with zero attached hydrogens (tertiary/aromatic N) is 3. The summed E-state index contributed by atoms with van der Waals surface area (Å²) < 4.78 is 7.55. The lowest BCUT2D eigenvalue weighted by molar-refractivity contribution is 0.477. The van der Waals surface area contributed by atoms with Crippen molar-refractivity contribution in [1.29, 1.82) is 0 Å². The second-order valence-electron chi connectivity index (χ2n) is 3.38. The predicted molar refractivity (Wildman–Crippen MR) is 59.5 cm³/mol. The summed E-state index contributed by atoms with van der Waals surface area (Å²) >= 11 is 0. The molecule has 0 aliphatic carbocycles. The number of pyridine rings is 2. The Morgan fingerprint density at radius 3 is 2.88 bits per heavy atom. The Bertz CT molecular complexity index is 604. The molecule has 3 aromatic rings. The minimum atomic E-state index is 0.724. The second-order valence-corrected chi connectivity index (χ2v) is 3.38. The molecule has 0 N–H and O–H groups in total. The quantitative estimate of drug-likeness (QED) is 0.653. The van der Waals surface area contributed by atoms with Gasteiger partial charge >= 0.3 is 0 Å². The highest BCUT2D eigenvalue weighted by Crippen LogP contribution is 2.20. The third kappa shape index (κ3) is 1.61. The number of fused-ring (bicyclic) bond motifs is 1. The van der Waals surface area contributed by atoms with E-state index < -0.39 is 0 Å². The van der Waals surface area contributed by atoms with Gasteiger partial charge in [-0.25, -0.2) is 4.98 Å². The fourth-order valence-electron chi connectivity index (χ4n) is 1.50. The highest BCUT2D eigenvalue weighted by Gasteiger charge is 1.98. The monoisotopic (exact) mass is 211 g/mol. The van der Waals surface area contributed by atoms with Crippen molar-refractivity contribution in [3.05, 3.63) is 55.4 Å². The molecule has 0 bridgehead atoms. The molecule has 0 unspecified atom stereocenters. The van der Waals surface area contributed by atoms with Crippen LogP contribution in [0.2, 0.25) is 0 Å². The predicted octanol–water partition coefficient (Wildman–Crippen LogP) is 2.52. The first kappa shape index (κ1) is 8.91. The van der Waals surface area contributed by atoms with Crippen LogP contribution in [-0.2, 0) is 0 Å². The third-order valence-electron chi connectivity index (χ3n) is 2.25. The fraction of sp³-hybridized carbons (Fsp3) is 0.